The number of nitro benzene ring substituents is 1. The first-order chi connectivity index (χ1) is 8.62. The van der Waals surface area contributed by atoms with Gasteiger partial charge < -0.3 is 5.32 Å². The van der Waals surface area contributed by atoms with Gasteiger partial charge >= 0.3 is 6.18 Å². The number of hydrogen-bond acceptors (Lipinski definition) is 3. The molecule has 0 aliphatic carbocycles. The Morgan fingerprint density at radius 2 is 1.90 bits per heavy atom. The minimum atomic E-state index is -4.86. The van der Waals surface area contributed by atoms with Crippen LogP contribution in [0.2, 0.25) is 0 Å². The maximum atomic E-state index is 12.7. The predicted molar refractivity (Wildman–Crippen MR) is 68.3 cm³/mol. The number of halogens is 3. The topological polar surface area (TPSA) is 72.2 Å². The normalized spacial score (nSPS) is 10.9. The van der Waals surface area contributed by atoms with Crippen LogP contribution in [0.15, 0.2) is 18.2 Å². The van der Waals surface area contributed by atoms with E-state index in [4.69, 9.17) is 0 Å². The van der Waals surface area contributed by atoms with E-state index in [2.05, 4.69) is 5.32 Å². The van der Waals surface area contributed by atoms with E-state index < -0.39 is 34.2 Å². The van der Waals surface area contributed by atoms with Gasteiger partial charge in [-0.15, -0.1) is 0 Å². The monoisotopic (exact) mass is 292 g/mol. The Bertz CT molecular complexity index is 513. The first-order valence-corrected chi connectivity index (χ1v) is 5.29. The summed E-state index contributed by atoms with van der Waals surface area (Å²) in [6, 6.07) is 2.34. The Morgan fingerprint density at radius 1 is 1.35 bits per heavy atom. The summed E-state index contributed by atoms with van der Waals surface area (Å²) in [6.07, 6.45) is -4.86. The number of benzene rings is 1. The average molecular weight is 292 g/mol. The standard InChI is InChI=1S/C11H11F3N2O3.CH4/c1-6(2)10(17)15-7-3-4-9(16(18)19)8(5-7)11(12,13)14;/h3-6H,1-2H3,(H,15,17);1H4. The van der Waals surface area contributed by atoms with Crippen molar-refractivity contribution in [2.24, 2.45) is 5.92 Å². The minimum Gasteiger partial charge on any atom is -0.326 e. The quantitative estimate of drug-likeness (QED) is 0.679. The molecule has 0 fully saturated rings. The van der Waals surface area contributed by atoms with E-state index in [1.807, 2.05) is 0 Å². The zero-order valence-corrected chi connectivity index (χ0v) is 10.1. The van der Waals surface area contributed by atoms with Crippen molar-refractivity contribution < 1.29 is 22.9 Å². The van der Waals surface area contributed by atoms with Crippen LogP contribution in [0, 0.1) is 16.0 Å². The number of nitrogens with zero attached hydrogens (tertiary/aromatic N) is 1. The summed E-state index contributed by atoms with van der Waals surface area (Å²) in [7, 11) is 0. The van der Waals surface area contributed by atoms with Crippen molar-refractivity contribution in [3.63, 3.8) is 0 Å². The van der Waals surface area contributed by atoms with Crippen LogP contribution in [0.4, 0.5) is 24.5 Å². The molecular weight excluding hydrogens is 277 g/mol. The molecule has 0 aliphatic heterocycles. The number of nitro groups is 1. The molecule has 0 saturated heterocycles. The first kappa shape index (κ1) is 17.9. The smallest absolute Gasteiger partial charge is 0.326 e. The molecule has 0 radical (unpaired) electrons. The molecule has 1 N–H and O–H groups in total. The second kappa shape index (κ2) is 6.36. The van der Waals surface area contributed by atoms with Crippen LogP contribution in [0.1, 0.15) is 26.8 Å². The maximum Gasteiger partial charge on any atom is 0.423 e. The second-order valence-electron chi connectivity index (χ2n) is 4.13. The third kappa shape index (κ3) is 4.22. The summed E-state index contributed by atoms with van der Waals surface area (Å²) in [5.74, 6) is -0.883. The molecular formula is C12H15F3N2O3. The molecule has 1 aromatic carbocycles. The number of alkyl halides is 3. The van der Waals surface area contributed by atoms with Gasteiger partial charge in [0.15, 0.2) is 0 Å². The molecule has 0 heterocycles. The van der Waals surface area contributed by atoms with Crippen molar-refractivity contribution >= 4 is 17.3 Å². The highest BCUT2D eigenvalue weighted by atomic mass is 19.4. The first-order valence-electron chi connectivity index (χ1n) is 5.29. The van der Waals surface area contributed by atoms with E-state index in [1.54, 1.807) is 13.8 Å². The van der Waals surface area contributed by atoms with E-state index >= 15 is 0 Å². The van der Waals surface area contributed by atoms with Gasteiger partial charge in [-0.05, 0) is 12.1 Å². The van der Waals surface area contributed by atoms with Crippen LogP contribution in [0.3, 0.4) is 0 Å². The largest absolute Gasteiger partial charge is 0.423 e. The van der Waals surface area contributed by atoms with Crippen molar-refractivity contribution in [3.8, 4) is 0 Å². The molecule has 1 amide bonds. The Kier molecular flexibility index (Phi) is 5.68. The van der Waals surface area contributed by atoms with Gasteiger partial charge in [0.05, 0.1) is 4.92 Å². The number of amides is 1. The molecule has 8 heteroatoms. The Labute approximate surface area is 113 Å². The molecule has 0 saturated carbocycles. The highest BCUT2D eigenvalue weighted by molar-refractivity contribution is 5.92. The van der Waals surface area contributed by atoms with Gasteiger partial charge in [0, 0.05) is 17.7 Å². The fourth-order valence-corrected chi connectivity index (χ4v) is 1.29. The van der Waals surface area contributed by atoms with Gasteiger partial charge in [0.2, 0.25) is 5.91 Å². The van der Waals surface area contributed by atoms with Crippen molar-refractivity contribution in [1.82, 2.24) is 0 Å². The number of nitrogens with one attached hydrogen (secondary N) is 1. The zero-order valence-electron chi connectivity index (χ0n) is 10.1. The Morgan fingerprint density at radius 3 is 2.30 bits per heavy atom. The number of carbonyl (C=O) groups is 1. The summed E-state index contributed by atoms with van der Waals surface area (Å²) in [6.45, 7) is 3.15. The number of rotatable bonds is 3. The SMILES string of the molecule is C.CC(C)C(=O)Nc1ccc([N+](=O)[O-])c(C(F)(F)F)c1. The van der Waals surface area contributed by atoms with Crippen LogP contribution in [-0.4, -0.2) is 10.8 Å². The summed E-state index contributed by atoms with van der Waals surface area (Å²) in [5.41, 5.74) is -2.56. The lowest BCUT2D eigenvalue weighted by Crippen LogP contribution is -2.18. The molecule has 0 aliphatic rings. The van der Waals surface area contributed by atoms with Crippen LogP contribution in [-0.2, 0) is 11.0 Å². The highest BCUT2D eigenvalue weighted by Gasteiger charge is 2.38. The maximum absolute atomic E-state index is 12.7. The summed E-state index contributed by atoms with van der Waals surface area (Å²) >= 11 is 0. The molecule has 0 bridgehead atoms. The molecule has 0 spiro atoms. The molecule has 0 aromatic heterocycles. The lowest BCUT2D eigenvalue weighted by Gasteiger charge is -2.11. The fraction of sp³-hybridized carbons (Fsp3) is 0.417. The lowest BCUT2D eigenvalue weighted by atomic mass is 10.1. The van der Waals surface area contributed by atoms with Crippen molar-refractivity contribution in [2.75, 3.05) is 5.32 Å². The molecule has 5 nitrogen and oxygen atoms in total. The number of carbonyl (C=O) groups excluding carboxylic acids is 1. The van der Waals surface area contributed by atoms with Crippen LogP contribution < -0.4 is 5.32 Å². The van der Waals surface area contributed by atoms with Crippen LogP contribution in [0.25, 0.3) is 0 Å². The average Bonchev–Trinajstić information content (AvgIpc) is 2.27. The summed E-state index contributed by atoms with van der Waals surface area (Å²) in [5, 5.41) is 12.8. The van der Waals surface area contributed by atoms with Gasteiger partial charge in [0.25, 0.3) is 5.69 Å². The van der Waals surface area contributed by atoms with E-state index in [1.165, 1.54) is 0 Å². The fourth-order valence-electron chi connectivity index (χ4n) is 1.29. The highest BCUT2D eigenvalue weighted by Crippen LogP contribution is 2.37. The van der Waals surface area contributed by atoms with E-state index in [-0.39, 0.29) is 13.1 Å². The third-order valence-electron chi connectivity index (χ3n) is 2.29. The van der Waals surface area contributed by atoms with Gasteiger partial charge in [-0.2, -0.15) is 13.2 Å². The summed E-state index contributed by atoms with van der Waals surface area (Å²) < 4.78 is 38.0. The van der Waals surface area contributed by atoms with Crippen LogP contribution in [0.5, 0.6) is 0 Å². The summed E-state index contributed by atoms with van der Waals surface area (Å²) in [4.78, 5) is 20.8. The van der Waals surface area contributed by atoms with Crippen molar-refractivity contribution in [1.29, 1.82) is 0 Å². The molecule has 20 heavy (non-hydrogen) atoms. The van der Waals surface area contributed by atoms with Crippen LogP contribution >= 0.6 is 0 Å². The van der Waals surface area contributed by atoms with Gasteiger partial charge in [-0.1, -0.05) is 21.3 Å². The Balaban J connectivity index is 0.00000361. The number of anilines is 1. The Hall–Kier alpha value is -2.12. The van der Waals surface area contributed by atoms with Gasteiger partial charge in [-0.3, -0.25) is 14.9 Å². The molecule has 0 atom stereocenters. The molecule has 112 valence electrons. The molecule has 1 aromatic rings. The van der Waals surface area contributed by atoms with Crippen molar-refractivity contribution in [3.05, 3.63) is 33.9 Å². The third-order valence-corrected chi connectivity index (χ3v) is 2.29. The second-order valence-corrected chi connectivity index (χ2v) is 4.13. The van der Waals surface area contributed by atoms with Gasteiger partial charge in [-0.25, -0.2) is 0 Å². The molecule has 1 rings (SSSR count). The van der Waals surface area contributed by atoms with Gasteiger partial charge in [0.1, 0.15) is 5.56 Å². The van der Waals surface area contributed by atoms with E-state index in [0.717, 1.165) is 12.1 Å². The predicted octanol–water partition coefficient (Wildman–Crippen LogP) is 3.84. The zero-order chi connectivity index (χ0) is 14.8. The minimum absolute atomic E-state index is 0. The lowest BCUT2D eigenvalue weighted by molar-refractivity contribution is -0.388. The van der Waals surface area contributed by atoms with Crippen molar-refractivity contribution in [2.45, 2.75) is 27.5 Å². The number of hydrogen-bond donors (Lipinski definition) is 1. The van der Waals surface area contributed by atoms with E-state index in [0.29, 0.717) is 6.07 Å². The van der Waals surface area contributed by atoms with E-state index in [9.17, 15) is 28.1 Å². The molecule has 0 unspecified atom stereocenters.